The smallest absolute Gasteiger partial charge is 0.411 e. The van der Waals surface area contributed by atoms with Crippen LogP contribution in [-0.4, -0.2) is 62.6 Å². The third kappa shape index (κ3) is 6.53. The predicted octanol–water partition coefficient (Wildman–Crippen LogP) is 5.12. The molecule has 1 amide bonds. The van der Waals surface area contributed by atoms with Gasteiger partial charge in [0.25, 0.3) is 0 Å². The number of methoxy groups -OCH3 is 1. The molecule has 3 aromatic rings. The molecule has 186 valence electrons. The van der Waals surface area contributed by atoms with Crippen LogP contribution in [0.3, 0.4) is 0 Å². The number of rotatable bonds is 12. The molecule has 0 saturated carbocycles. The normalized spacial score (nSPS) is 11.0. The molecule has 0 fully saturated rings. The van der Waals surface area contributed by atoms with Gasteiger partial charge in [-0.1, -0.05) is 12.1 Å². The molecule has 35 heavy (non-hydrogen) atoms. The Hall–Kier alpha value is -3.54. The Morgan fingerprint density at radius 1 is 1.14 bits per heavy atom. The molecule has 1 heterocycles. The van der Waals surface area contributed by atoms with Gasteiger partial charge in [0, 0.05) is 49.4 Å². The van der Waals surface area contributed by atoms with Gasteiger partial charge in [-0.25, -0.2) is 4.79 Å². The van der Waals surface area contributed by atoms with E-state index in [0.717, 1.165) is 47.4 Å². The topological polar surface area (TPSA) is 88.8 Å². The summed E-state index contributed by atoms with van der Waals surface area (Å²) in [6.07, 6.45) is 0.398. The van der Waals surface area contributed by atoms with E-state index in [1.165, 1.54) is 0 Å². The number of nitriles is 1. The Morgan fingerprint density at radius 2 is 1.97 bits per heavy atom. The zero-order chi connectivity index (χ0) is 25.2. The second-order valence-corrected chi connectivity index (χ2v) is 8.18. The number of ether oxygens (including phenoxy) is 3. The van der Waals surface area contributed by atoms with E-state index in [4.69, 9.17) is 14.2 Å². The summed E-state index contributed by atoms with van der Waals surface area (Å²) in [6, 6.07) is 15.7. The predicted molar refractivity (Wildman–Crippen MR) is 138 cm³/mol. The number of amides is 1. The van der Waals surface area contributed by atoms with Crippen molar-refractivity contribution in [2.45, 2.75) is 26.8 Å². The van der Waals surface area contributed by atoms with Crippen LogP contribution in [0.1, 0.15) is 25.8 Å². The zero-order valence-electron chi connectivity index (χ0n) is 21.0. The SMILES string of the molecule is CCOC(=O)Nc1cccc(-c2c(C#N)c3ccc(OCCCN(C)CCOC)cc3n2CC)c1. The first-order valence-corrected chi connectivity index (χ1v) is 11.9. The lowest BCUT2D eigenvalue weighted by Gasteiger charge is -2.16. The Morgan fingerprint density at radius 3 is 2.69 bits per heavy atom. The van der Waals surface area contributed by atoms with Gasteiger partial charge < -0.3 is 23.7 Å². The van der Waals surface area contributed by atoms with Crippen LogP contribution in [-0.2, 0) is 16.0 Å². The fourth-order valence-electron chi connectivity index (χ4n) is 4.07. The number of aryl methyl sites for hydroxylation is 1. The summed E-state index contributed by atoms with van der Waals surface area (Å²) in [4.78, 5) is 14.1. The molecule has 0 aliphatic heterocycles. The van der Waals surface area contributed by atoms with E-state index in [1.807, 2.05) is 43.3 Å². The third-order valence-electron chi connectivity index (χ3n) is 5.75. The van der Waals surface area contributed by atoms with Crippen molar-refractivity contribution in [1.82, 2.24) is 9.47 Å². The van der Waals surface area contributed by atoms with Crippen LogP contribution in [0, 0.1) is 11.3 Å². The van der Waals surface area contributed by atoms with Crippen molar-refractivity contribution in [3.05, 3.63) is 48.0 Å². The minimum atomic E-state index is -0.507. The lowest BCUT2D eigenvalue weighted by Crippen LogP contribution is -2.25. The van der Waals surface area contributed by atoms with Gasteiger partial charge in [-0.15, -0.1) is 0 Å². The van der Waals surface area contributed by atoms with Crippen molar-refractivity contribution in [3.8, 4) is 23.1 Å². The Kier molecular flexibility index (Phi) is 9.53. The van der Waals surface area contributed by atoms with Crippen LogP contribution in [0.15, 0.2) is 42.5 Å². The van der Waals surface area contributed by atoms with Gasteiger partial charge in [0.2, 0.25) is 0 Å². The molecule has 0 aliphatic rings. The Balaban J connectivity index is 1.85. The minimum Gasteiger partial charge on any atom is -0.493 e. The van der Waals surface area contributed by atoms with Gasteiger partial charge in [-0.2, -0.15) is 5.26 Å². The molecule has 0 aliphatic carbocycles. The number of hydrogen-bond donors (Lipinski definition) is 1. The van der Waals surface area contributed by atoms with Crippen LogP contribution in [0.25, 0.3) is 22.2 Å². The number of benzene rings is 2. The van der Waals surface area contributed by atoms with Gasteiger partial charge in [0.1, 0.15) is 11.8 Å². The van der Waals surface area contributed by atoms with Crippen molar-refractivity contribution in [1.29, 1.82) is 5.26 Å². The van der Waals surface area contributed by atoms with Gasteiger partial charge in [-0.05, 0) is 51.6 Å². The van der Waals surface area contributed by atoms with Crippen LogP contribution in [0.5, 0.6) is 5.75 Å². The molecule has 0 spiro atoms. The number of nitrogens with one attached hydrogen (secondary N) is 1. The molecule has 1 aromatic heterocycles. The van der Waals surface area contributed by atoms with Gasteiger partial charge in [-0.3, -0.25) is 5.32 Å². The zero-order valence-corrected chi connectivity index (χ0v) is 21.0. The fraction of sp³-hybridized carbons (Fsp3) is 0.407. The number of nitrogens with zero attached hydrogens (tertiary/aromatic N) is 3. The largest absolute Gasteiger partial charge is 0.493 e. The van der Waals surface area contributed by atoms with E-state index >= 15 is 0 Å². The van der Waals surface area contributed by atoms with Crippen molar-refractivity contribution < 1.29 is 19.0 Å². The highest BCUT2D eigenvalue weighted by molar-refractivity contribution is 5.96. The van der Waals surface area contributed by atoms with E-state index < -0.39 is 6.09 Å². The summed E-state index contributed by atoms with van der Waals surface area (Å²) < 4.78 is 18.2. The molecular formula is C27H34N4O4. The molecule has 0 unspecified atom stereocenters. The monoisotopic (exact) mass is 478 g/mol. The number of carbonyl (C=O) groups excluding carboxylic acids is 1. The summed E-state index contributed by atoms with van der Waals surface area (Å²) in [6.45, 7) is 7.92. The second kappa shape index (κ2) is 12.8. The first-order valence-electron chi connectivity index (χ1n) is 11.9. The highest BCUT2D eigenvalue weighted by Gasteiger charge is 2.19. The van der Waals surface area contributed by atoms with E-state index in [-0.39, 0.29) is 0 Å². The van der Waals surface area contributed by atoms with Crippen molar-refractivity contribution >= 4 is 22.7 Å². The summed E-state index contributed by atoms with van der Waals surface area (Å²) in [7, 11) is 3.78. The number of likely N-dealkylation sites (N-methyl/N-ethyl adjacent to an activating group) is 1. The molecule has 0 saturated heterocycles. The fourth-order valence-corrected chi connectivity index (χ4v) is 4.07. The van der Waals surface area contributed by atoms with Gasteiger partial charge in [0.05, 0.1) is 36.6 Å². The molecule has 0 radical (unpaired) electrons. The lowest BCUT2D eigenvalue weighted by molar-refractivity contribution is 0.157. The lowest BCUT2D eigenvalue weighted by atomic mass is 10.1. The average molecular weight is 479 g/mol. The van der Waals surface area contributed by atoms with Crippen molar-refractivity contribution in [2.75, 3.05) is 52.4 Å². The maximum absolute atomic E-state index is 11.9. The Labute approximate surface area is 207 Å². The molecule has 8 nitrogen and oxygen atoms in total. The number of carbonyl (C=O) groups is 1. The minimum absolute atomic E-state index is 0.295. The number of hydrogen-bond acceptors (Lipinski definition) is 6. The number of fused-ring (bicyclic) bond motifs is 1. The van der Waals surface area contributed by atoms with Gasteiger partial charge in [0.15, 0.2) is 0 Å². The van der Waals surface area contributed by atoms with E-state index in [0.29, 0.717) is 37.6 Å². The third-order valence-corrected chi connectivity index (χ3v) is 5.75. The number of aromatic nitrogens is 1. The summed E-state index contributed by atoms with van der Waals surface area (Å²) in [5.41, 5.74) is 3.81. The van der Waals surface area contributed by atoms with Crippen LogP contribution in [0.4, 0.5) is 10.5 Å². The second-order valence-electron chi connectivity index (χ2n) is 8.18. The first-order chi connectivity index (χ1) is 17.0. The summed E-state index contributed by atoms with van der Waals surface area (Å²) >= 11 is 0. The molecule has 0 bridgehead atoms. The average Bonchev–Trinajstić information content (AvgIpc) is 3.18. The maximum atomic E-state index is 11.9. The quantitative estimate of drug-likeness (QED) is 0.364. The van der Waals surface area contributed by atoms with Crippen molar-refractivity contribution in [2.24, 2.45) is 0 Å². The highest BCUT2D eigenvalue weighted by Crippen LogP contribution is 2.36. The van der Waals surface area contributed by atoms with Gasteiger partial charge >= 0.3 is 6.09 Å². The molecule has 2 aromatic carbocycles. The highest BCUT2D eigenvalue weighted by atomic mass is 16.5. The van der Waals surface area contributed by atoms with E-state index in [1.54, 1.807) is 20.1 Å². The van der Waals surface area contributed by atoms with E-state index in [9.17, 15) is 10.1 Å². The maximum Gasteiger partial charge on any atom is 0.411 e. The summed E-state index contributed by atoms with van der Waals surface area (Å²) in [5, 5.41) is 13.6. The van der Waals surface area contributed by atoms with Crippen LogP contribution in [0.2, 0.25) is 0 Å². The molecule has 0 atom stereocenters. The van der Waals surface area contributed by atoms with E-state index in [2.05, 4.69) is 27.9 Å². The Bertz CT molecular complexity index is 1180. The van der Waals surface area contributed by atoms with Crippen LogP contribution < -0.4 is 10.1 Å². The first kappa shape index (κ1) is 26.1. The van der Waals surface area contributed by atoms with Crippen LogP contribution >= 0.6 is 0 Å². The standard InChI is InChI=1S/C27H34N4O4/c1-5-31-25-18-22(35-15-8-13-30(3)14-16-33-4)11-12-23(25)24(19-28)26(31)20-9-7-10-21(17-20)29-27(32)34-6-2/h7,9-12,17-18H,5-6,8,13-16H2,1-4H3,(H,29,32). The molecular weight excluding hydrogens is 444 g/mol. The molecule has 3 rings (SSSR count). The summed E-state index contributed by atoms with van der Waals surface area (Å²) in [5.74, 6) is 0.776. The molecule has 1 N–H and O–H groups in total. The number of anilines is 1. The van der Waals surface area contributed by atoms with Crippen molar-refractivity contribution in [3.63, 3.8) is 0 Å². The molecule has 8 heteroatoms.